The zero-order chi connectivity index (χ0) is 13.0. The maximum Gasteiger partial charge on any atom is 0.253 e. The average molecular weight is 265 g/mol. The lowest BCUT2D eigenvalue weighted by Gasteiger charge is -2.21. The predicted octanol–water partition coefficient (Wildman–Crippen LogP) is 2.60. The van der Waals surface area contributed by atoms with Crippen molar-refractivity contribution in [3.63, 3.8) is 0 Å². The molecule has 0 bridgehead atoms. The molecular formula is C13H19N3OS. The smallest absolute Gasteiger partial charge is 0.253 e. The third-order valence-corrected chi connectivity index (χ3v) is 3.33. The highest BCUT2D eigenvalue weighted by molar-refractivity contribution is 6.99. The van der Waals surface area contributed by atoms with Gasteiger partial charge >= 0.3 is 0 Å². The van der Waals surface area contributed by atoms with Gasteiger partial charge in [-0.3, -0.25) is 0 Å². The fourth-order valence-corrected chi connectivity index (χ4v) is 2.35. The average Bonchev–Trinajstić information content (AvgIpc) is 2.77. The van der Waals surface area contributed by atoms with Crippen LogP contribution in [0.15, 0.2) is 17.7 Å². The van der Waals surface area contributed by atoms with Crippen molar-refractivity contribution in [2.24, 2.45) is 0 Å². The van der Waals surface area contributed by atoms with E-state index < -0.39 is 0 Å². The summed E-state index contributed by atoms with van der Waals surface area (Å²) in [7, 11) is 2.12. The summed E-state index contributed by atoms with van der Waals surface area (Å²) in [5.41, 5.74) is 3.38. The van der Waals surface area contributed by atoms with Crippen molar-refractivity contribution in [2.75, 3.05) is 26.7 Å². The lowest BCUT2D eigenvalue weighted by molar-refractivity contribution is 0.346. The number of nitrogens with zero attached hydrogens (tertiary/aromatic N) is 3. The van der Waals surface area contributed by atoms with Crippen LogP contribution in [0.2, 0.25) is 0 Å². The molecule has 0 unspecified atom stereocenters. The molecule has 1 aromatic heterocycles. The minimum absolute atomic E-state index is 0.559. The van der Waals surface area contributed by atoms with E-state index in [1.807, 2.05) is 6.08 Å². The first-order valence-corrected chi connectivity index (χ1v) is 6.86. The molecule has 0 radical (unpaired) electrons. The number of allylic oxidation sites excluding steroid dienone is 1. The van der Waals surface area contributed by atoms with Crippen LogP contribution in [-0.2, 0) is 0 Å². The van der Waals surface area contributed by atoms with Crippen LogP contribution in [0.1, 0.15) is 26.0 Å². The molecule has 0 saturated carbocycles. The molecule has 1 aliphatic rings. The molecule has 2 rings (SSSR count). The lowest BCUT2D eigenvalue weighted by atomic mass is 10.1. The number of hydrogen-bond acceptors (Lipinski definition) is 5. The second kappa shape index (κ2) is 6.11. The predicted molar refractivity (Wildman–Crippen MR) is 74.9 cm³/mol. The van der Waals surface area contributed by atoms with E-state index >= 15 is 0 Å². The molecule has 0 spiro atoms. The molecule has 5 heteroatoms. The first kappa shape index (κ1) is 13.2. The van der Waals surface area contributed by atoms with E-state index in [4.69, 9.17) is 4.74 Å². The molecule has 4 nitrogen and oxygen atoms in total. The summed E-state index contributed by atoms with van der Waals surface area (Å²) in [6.07, 6.45) is 5.35. The van der Waals surface area contributed by atoms with Crippen LogP contribution in [0.4, 0.5) is 0 Å². The van der Waals surface area contributed by atoms with Gasteiger partial charge in [-0.05, 0) is 39.0 Å². The van der Waals surface area contributed by atoms with E-state index in [1.165, 1.54) is 22.9 Å². The fraction of sp³-hybridized carbons (Fsp3) is 0.538. The summed E-state index contributed by atoms with van der Waals surface area (Å²) in [5, 5.41) is 0. The molecule has 0 aliphatic carbocycles. The van der Waals surface area contributed by atoms with Crippen LogP contribution in [0.3, 0.4) is 0 Å². The lowest BCUT2D eigenvalue weighted by Crippen LogP contribution is -2.25. The van der Waals surface area contributed by atoms with Crippen LogP contribution in [0.25, 0.3) is 5.57 Å². The molecule has 0 atom stereocenters. The molecule has 1 aromatic rings. The van der Waals surface area contributed by atoms with Gasteiger partial charge in [0.2, 0.25) is 0 Å². The van der Waals surface area contributed by atoms with Crippen LogP contribution in [0, 0.1) is 0 Å². The van der Waals surface area contributed by atoms with Gasteiger partial charge in [0.15, 0.2) is 0 Å². The van der Waals surface area contributed by atoms with Crippen molar-refractivity contribution in [1.29, 1.82) is 0 Å². The van der Waals surface area contributed by atoms with E-state index in [-0.39, 0.29) is 0 Å². The normalized spacial score (nSPS) is 16.3. The second-order valence-corrected chi connectivity index (χ2v) is 5.29. The summed E-state index contributed by atoms with van der Waals surface area (Å²) in [4.78, 5) is 2.29. The van der Waals surface area contributed by atoms with Gasteiger partial charge < -0.3 is 9.64 Å². The zero-order valence-electron chi connectivity index (χ0n) is 11.1. The SMILES string of the molecule is CC(C)=CCOc1nsnc1C1=CCCN(C)C1. The largest absolute Gasteiger partial charge is 0.471 e. The monoisotopic (exact) mass is 265 g/mol. The van der Waals surface area contributed by atoms with Crippen molar-refractivity contribution in [3.05, 3.63) is 23.4 Å². The highest BCUT2D eigenvalue weighted by Crippen LogP contribution is 2.26. The van der Waals surface area contributed by atoms with E-state index in [0.29, 0.717) is 12.5 Å². The molecular weight excluding hydrogens is 246 g/mol. The highest BCUT2D eigenvalue weighted by atomic mass is 32.1. The van der Waals surface area contributed by atoms with E-state index in [1.54, 1.807) is 0 Å². The molecule has 0 fully saturated rings. The number of ether oxygens (including phenoxy) is 1. The van der Waals surface area contributed by atoms with Gasteiger partial charge in [-0.1, -0.05) is 11.6 Å². The molecule has 18 heavy (non-hydrogen) atoms. The van der Waals surface area contributed by atoms with Gasteiger partial charge in [0.1, 0.15) is 12.3 Å². The van der Waals surface area contributed by atoms with Gasteiger partial charge in [0, 0.05) is 13.1 Å². The third kappa shape index (κ3) is 3.40. The van der Waals surface area contributed by atoms with E-state index in [0.717, 1.165) is 25.2 Å². The molecule has 2 heterocycles. The molecule has 0 saturated heterocycles. The van der Waals surface area contributed by atoms with Gasteiger partial charge in [-0.25, -0.2) is 0 Å². The van der Waals surface area contributed by atoms with Crippen LogP contribution < -0.4 is 4.74 Å². The van der Waals surface area contributed by atoms with Crippen molar-refractivity contribution < 1.29 is 4.74 Å². The van der Waals surface area contributed by atoms with Crippen molar-refractivity contribution in [2.45, 2.75) is 20.3 Å². The zero-order valence-corrected chi connectivity index (χ0v) is 12.0. The topological polar surface area (TPSA) is 38.3 Å². The third-order valence-electron chi connectivity index (χ3n) is 2.82. The summed E-state index contributed by atoms with van der Waals surface area (Å²) < 4.78 is 14.3. The first-order valence-electron chi connectivity index (χ1n) is 6.13. The summed E-state index contributed by atoms with van der Waals surface area (Å²) in [6.45, 7) is 6.70. The Kier molecular flexibility index (Phi) is 4.49. The summed E-state index contributed by atoms with van der Waals surface area (Å²) in [6, 6.07) is 0. The van der Waals surface area contributed by atoms with Gasteiger partial charge in [-0.15, -0.1) is 4.37 Å². The van der Waals surface area contributed by atoms with Gasteiger partial charge in [0.05, 0.1) is 11.7 Å². The van der Waals surface area contributed by atoms with Crippen molar-refractivity contribution in [3.8, 4) is 5.88 Å². The maximum atomic E-state index is 5.68. The summed E-state index contributed by atoms with van der Waals surface area (Å²) in [5.74, 6) is 0.666. The quantitative estimate of drug-likeness (QED) is 0.784. The fourth-order valence-electron chi connectivity index (χ4n) is 1.82. The van der Waals surface area contributed by atoms with Crippen molar-refractivity contribution >= 4 is 17.3 Å². The Labute approximate surface area is 112 Å². The maximum absolute atomic E-state index is 5.68. The Morgan fingerprint density at radius 3 is 3.06 bits per heavy atom. The Morgan fingerprint density at radius 1 is 1.50 bits per heavy atom. The molecule has 0 aromatic carbocycles. The number of likely N-dealkylation sites (N-methyl/N-ethyl adjacent to an activating group) is 1. The van der Waals surface area contributed by atoms with Crippen LogP contribution in [-0.4, -0.2) is 40.4 Å². The Bertz CT molecular complexity index is 461. The highest BCUT2D eigenvalue weighted by Gasteiger charge is 2.18. The second-order valence-electron chi connectivity index (χ2n) is 4.77. The molecule has 0 amide bonds. The van der Waals surface area contributed by atoms with E-state index in [2.05, 4.69) is 40.6 Å². The Balaban J connectivity index is 2.07. The number of aromatic nitrogens is 2. The molecule has 0 N–H and O–H groups in total. The molecule has 1 aliphatic heterocycles. The van der Waals surface area contributed by atoms with Crippen LogP contribution >= 0.6 is 11.7 Å². The summed E-state index contributed by atoms with van der Waals surface area (Å²) >= 11 is 1.21. The first-order chi connectivity index (χ1) is 8.66. The number of hydrogen-bond donors (Lipinski definition) is 0. The van der Waals surface area contributed by atoms with Gasteiger partial charge in [0.25, 0.3) is 5.88 Å². The standard InChI is InChI=1S/C13H19N3OS/c1-10(2)6-8-17-13-12(14-18-15-13)11-5-4-7-16(3)9-11/h5-6H,4,7-9H2,1-3H3. The Morgan fingerprint density at radius 2 is 2.33 bits per heavy atom. The van der Waals surface area contributed by atoms with Crippen LogP contribution in [0.5, 0.6) is 5.88 Å². The van der Waals surface area contributed by atoms with Gasteiger partial charge in [-0.2, -0.15) is 4.37 Å². The minimum Gasteiger partial charge on any atom is -0.471 e. The van der Waals surface area contributed by atoms with Crippen molar-refractivity contribution in [1.82, 2.24) is 13.6 Å². The number of rotatable bonds is 4. The minimum atomic E-state index is 0.559. The Hall–Kier alpha value is -1.20. The molecule has 98 valence electrons. The van der Waals surface area contributed by atoms with E-state index in [9.17, 15) is 0 Å².